The number of rotatable bonds is 8. The molecule has 6 nitrogen and oxygen atoms in total. The van der Waals surface area contributed by atoms with Gasteiger partial charge in [0.2, 0.25) is 5.91 Å². The molecule has 2 fully saturated rings. The van der Waals surface area contributed by atoms with Crippen molar-refractivity contribution in [2.45, 2.75) is 47.1 Å². The quantitative estimate of drug-likeness (QED) is 0.624. The number of halogens is 1. The van der Waals surface area contributed by atoms with Crippen LogP contribution in [0, 0.1) is 24.6 Å². The van der Waals surface area contributed by atoms with E-state index < -0.39 is 0 Å². The second kappa shape index (κ2) is 9.61. The Hall–Kier alpha value is -2.41. The Bertz CT molecular complexity index is 944. The molecule has 2 aromatic rings. The van der Waals surface area contributed by atoms with Crippen molar-refractivity contribution in [1.82, 2.24) is 19.6 Å². The first-order valence-corrected chi connectivity index (χ1v) is 12.0. The van der Waals surface area contributed by atoms with E-state index >= 15 is 0 Å². The summed E-state index contributed by atoms with van der Waals surface area (Å²) in [5.41, 5.74) is 2.70. The molecule has 0 unspecified atom stereocenters. The normalized spacial score (nSPS) is 17.2. The minimum absolute atomic E-state index is 0.184. The molecule has 1 aromatic carbocycles. The van der Waals surface area contributed by atoms with Crippen LogP contribution in [0.3, 0.4) is 0 Å². The fourth-order valence-corrected chi connectivity index (χ4v) is 4.57. The van der Waals surface area contributed by atoms with E-state index in [1.807, 2.05) is 22.6 Å². The van der Waals surface area contributed by atoms with Crippen molar-refractivity contribution >= 4 is 11.7 Å². The van der Waals surface area contributed by atoms with Crippen LogP contribution in [0.5, 0.6) is 0 Å². The average Bonchev–Trinajstić information content (AvgIpc) is 3.57. The summed E-state index contributed by atoms with van der Waals surface area (Å²) in [6.07, 6.45) is 2.00. The average molecular weight is 442 g/mol. The van der Waals surface area contributed by atoms with Gasteiger partial charge in [0, 0.05) is 44.2 Å². The van der Waals surface area contributed by atoms with Gasteiger partial charge in [-0.25, -0.2) is 9.07 Å². The Labute approximate surface area is 191 Å². The molecule has 0 radical (unpaired) electrons. The van der Waals surface area contributed by atoms with Gasteiger partial charge in [-0.3, -0.25) is 4.79 Å². The predicted molar refractivity (Wildman–Crippen MR) is 126 cm³/mol. The summed E-state index contributed by atoms with van der Waals surface area (Å²) in [5.74, 6) is 1.57. The molecule has 1 aromatic heterocycles. The van der Waals surface area contributed by atoms with Crippen LogP contribution < -0.4 is 4.90 Å². The molecule has 1 saturated heterocycles. The van der Waals surface area contributed by atoms with Gasteiger partial charge in [0.05, 0.1) is 17.9 Å². The molecule has 2 heterocycles. The number of anilines is 1. The molecule has 32 heavy (non-hydrogen) atoms. The number of aryl methyl sites for hydroxylation is 1. The number of likely N-dealkylation sites (N-methyl/N-ethyl adjacent to an activating group) is 1. The summed E-state index contributed by atoms with van der Waals surface area (Å²) in [6, 6.07) is 6.61. The van der Waals surface area contributed by atoms with Crippen LogP contribution in [0.1, 0.15) is 44.9 Å². The molecule has 1 amide bonds. The third-order valence-electron chi connectivity index (χ3n) is 6.50. The molecule has 1 saturated carbocycles. The van der Waals surface area contributed by atoms with Crippen LogP contribution in [0.25, 0.3) is 5.69 Å². The molecule has 1 aliphatic carbocycles. The second-order valence-corrected chi connectivity index (χ2v) is 9.59. The van der Waals surface area contributed by atoms with Gasteiger partial charge in [-0.15, -0.1) is 0 Å². The Kier molecular flexibility index (Phi) is 6.84. The number of piperazine rings is 1. The highest BCUT2D eigenvalue weighted by Gasteiger charge is 2.35. The topological polar surface area (TPSA) is 44.6 Å². The van der Waals surface area contributed by atoms with E-state index in [1.54, 1.807) is 6.07 Å². The minimum atomic E-state index is -0.274. The Morgan fingerprint density at radius 3 is 2.53 bits per heavy atom. The van der Waals surface area contributed by atoms with Crippen LogP contribution in [0.4, 0.5) is 10.2 Å². The maximum absolute atomic E-state index is 14.1. The first-order chi connectivity index (χ1) is 15.4. The lowest BCUT2D eigenvalue weighted by molar-refractivity contribution is -0.133. The summed E-state index contributed by atoms with van der Waals surface area (Å²) in [7, 11) is 0. The van der Waals surface area contributed by atoms with Crippen LogP contribution in [-0.2, 0) is 11.3 Å². The third-order valence-corrected chi connectivity index (χ3v) is 6.50. The maximum atomic E-state index is 14.1. The summed E-state index contributed by atoms with van der Waals surface area (Å²) in [6.45, 7) is 14.6. The number of carbonyl (C=O) groups excluding carboxylic acids is 1. The summed E-state index contributed by atoms with van der Waals surface area (Å²) in [4.78, 5) is 19.9. The van der Waals surface area contributed by atoms with Gasteiger partial charge >= 0.3 is 0 Å². The number of amides is 1. The minimum Gasteiger partial charge on any atom is -0.354 e. The van der Waals surface area contributed by atoms with E-state index in [1.165, 1.54) is 12.1 Å². The largest absolute Gasteiger partial charge is 0.354 e. The van der Waals surface area contributed by atoms with E-state index in [2.05, 4.69) is 30.6 Å². The second-order valence-electron chi connectivity index (χ2n) is 9.59. The molecule has 0 bridgehead atoms. The number of benzene rings is 1. The van der Waals surface area contributed by atoms with Gasteiger partial charge in [0.1, 0.15) is 11.6 Å². The molecule has 0 atom stereocenters. The smallest absolute Gasteiger partial charge is 0.225 e. The third kappa shape index (κ3) is 4.98. The SMILES string of the molecule is CCN1CCN(c2c(CN(CC(C)C)C(=O)C3CC3)c(C)nn2-c2cccc(F)c2)CC1. The van der Waals surface area contributed by atoms with Gasteiger partial charge in [-0.2, -0.15) is 5.10 Å². The van der Waals surface area contributed by atoms with Crippen molar-refractivity contribution in [3.63, 3.8) is 0 Å². The molecule has 0 N–H and O–H groups in total. The first kappa shape index (κ1) is 22.8. The number of hydrogen-bond acceptors (Lipinski definition) is 4. The fraction of sp³-hybridized carbons (Fsp3) is 0.600. The van der Waals surface area contributed by atoms with Gasteiger partial charge in [-0.1, -0.05) is 26.8 Å². The summed E-state index contributed by atoms with van der Waals surface area (Å²) in [5, 5.41) is 4.85. The molecular formula is C25H36FN5O. The van der Waals surface area contributed by atoms with E-state index in [0.29, 0.717) is 12.5 Å². The molecule has 4 rings (SSSR count). The Balaban J connectivity index is 1.72. The Morgan fingerprint density at radius 2 is 1.94 bits per heavy atom. The van der Waals surface area contributed by atoms with Gasteiger partial charge < -0.3 is 14.7 Å². The summed E-state index contributed by atoms with van der Waals surface area (Å²) < 4.78 is 16.0. The molecule has 0 spiro atoms. The number of hydrogen-bond donors (Lipinski definition) is 0. The van der Waals surface area contributed by atoms with Crippen molar-refractivity contribution in [3.05, 3.63) is 41.3 Å². The van der Waals surface area contributed by atoms with E-state index in [0.717, 1.165) is 74.9 Å². The van der Waals surface area contributed by atoms with Crippen LogP contribution in [0.15, 0.2) is 24.3 Å². The number of nitrogens with zero attached hydrogens (tertiary/aromatic N) is 5. The highest BCUT2D eigenvalue weighted by atomic mass is 19.1. The monoisotopic (exact) mass is 441 g/mol. The molecule has 174 valence electrons. The highest BCUT2D eigenvalue weighted by Crippen LogP contribution is 2.34. The number of carbonyl (C=O) groups is 1. The van der Waals surface area contributed by atoms with Crippen molar-refractivity contribution in [2.24, 2.45) is 11.8 Å². The summed E-state index contributed by atoms with van der Waals surface area (Å²) >= 11 is 0. The van der Waals surface area contributed by atoms with Crippen LogP contribution in [-0.4, -0.2) is 64.8 Å². The lowest BCUT2D eigenvalue weighted by Gasteiger charge is -2.36. The van der Waals surface area contributed by atoms with Crippen LogP contribution >= 0.6 is 0 Å². The Morgan fingerprint density at radius 1 is 1.22 bits per heavy atom. The zero-order valence-electron chi connectivity index (χ0n) is 19.9. The van der Waals surface area contributed by atoms with E-state index in [4.69, 9.17) is 5.10 Å². The van der Waals surface area contributed by atoms with Crippen molar-refractivity contribution < 1.29 is 9.18 Å². The number of aromatic nitrogens is 2. The molecule has 1 aliphatic heterocycles. The lowest BCUT2D eigenvalue weighted by Crippen LogP contribution is -2.47. The zero-order chi connectivity index (χ0) is 22.8. The fourth-order valence-electron chi connectivity index (χ4n) is 4.57. The van der Waals surface area contributed by atoms with Gasteiger partial charge in [-0.05, 0) is 50.4 Å². The highest BCUT2D eigenvalue weighted by molar-refractivity contribution is 5.81. The lowest BCUT2D eigenvalue weighted by atomic mass is 10.1. The molecular weight excluding hydrogens is 405 g/mol. The predicted octanol–water partition coefficient (Wildman–Crippen LogP) is 3.86. The maximum Gasteiger partial charge on any atom is 0.225 e. The van der Waals surface area contributed by atoms with E-state index in [-0.39, 0.29) is 17.6 Å². The zero-order valence-corrected chi connectivity index (χ0v) is 19.9. The standard InChI is InChI=1S/C25H36FN5O/c1-5-28-11-13-29(14-12-28)24-23(17-30(16-18(2)3)25(32)20-9-10-20)19(4)27-31(24)22-8-6-7-21(26)15-22/h6-8,15,18,20H,5,9-14,16-17H2,1-4H3. The van der Waals surface area contributed by atoms with Crippen molar-refractivity contribution in [3.8, 4) is 5.69 Å². The van der Waals surface area contributed by atoms with Crippen molar-refractivity contribution in [2.75, 3.05) is 44.2 Å². The van der Waals surface area contributed by atoms with Crippen LogP contribution in [0.2, 0.25) is 0 Å². The van der Waals surface area contributed by atoms with Gasteiger partial charge in [0.15, 0.2) is 0 Å². The van der Waals surface area contributed by atoms with Gasteiger partial charge in [0.25, 0.3) is 0 Å². The molecule has 7 heteroatoms. The van der Waals surface area contributed by atoms with Crippen molar-refractivity contribution in [1.29, 1.82) is 0 Å². The molecule has 2 aliphatic rings. The van der Waals surface area contributed by atoms with E-state index in [9.17, 15) is 9.18 Å². The first-order valence-electron chi connectivity index (χ1n) is 12.0.